The molecule has 4 fully saturated rings. The summed E-state index contributed by atoms with van der Waals surface area (Å²) in [5.74, 6) is -0.894. The maximum atomic E-state index is 14.1. The SMILES string of the molecule is Cc1ccccc1N1CCN(S(=O)(=O)CC23CCC(CC2(O)CC(C)NC(=O)[C@@H]2CCCN2CCC(=O)O)C3(C)C)CC1. The van der Waals surface area contributed by atoms with Gasteiger partial charge in [-0.3, -0.25) is 14.5 Å². The minimum Gasteiger partial charge on any atom is -0.481 e. The van der Waals surface area contributed by atoms with Crippen LogP contribution in [0.1, 0.15) is 71.3 Å². The molecule has 5 atom stereocenters. The summed E-state index contributed by atoms with van der Waals surface area (Å²) in [5, 5.41) is 24.6. The Morgan fingerprint density at radius 2 is 1.79 bits per heavy atom. The van der Waals surface area contributed by atoms with Gasteiger partial charge in [-0.25, -0.2) is 8.42 Å². The Labute approximate surface area is 256 Å². The van der Waals surface area contributed by atoms with Crippen molar-refractivity contribution in [3.05, 3.63) is 29.8 Å². The first kappa shape index (κ1) is 32.2. The normalized spacial score (nSPS) is 31.8. The maximum absolute atomic E-state index is 14.1. The van der Waals surface area contributed by atoms with Gasteiger partial charge in [0.1, 0.15) is 0 Å². The topological polar surface area (TPSA) is 130 Å². The quantitative estimate of drug-likeness (QED) is 0.345. The van der Waals surface area contributed by atoms with Crippen molar-refractivity contribution in [1.29, 1.82) is 0 Å². The van der Waals surface area contributed by atoms with Crippen LogP contribution in [-0.4, -0.2) is 102 Å². The number of amides is 1. The summed E-state index contributed by atoms with van der Waals surface area (Å²) in [6, 6.07) is 7.45. The molecular weight excluding hydrogens is 568 g/mol. The van der Waals surface area contributed by atoms with Crippen LogP contribution >= 0.6 is 0 Å². The van der Waals surface area contributed by atoms with E-state index in [0.29, 0.717) is 58.5 Å². The predicted octanol–water partition coefficient (Wildman–Crippen LogP) is 2.84. The zero-order valence-corrected chi connectivity index (χ0v) is 27.0. The van der Waals surface area contributed by atoms with Crippen molar-refractivity contribution in [3.63, 3.8) is 0 Å². The number of aryl methyl sites for hydroxylation is 1. The highest BCUT2D eigenvalue weighted by molar-refractivity contribution is 7.89. The van der Waals surface area contributed by atoms with Gasteiger partial charge in [-0.15, -0.1) is 0 Å². The third-order valence-corrected chi connectivity index (χ3v) is 13.5. The van der Waals surface area contributed by atoms with Crippen molar-refractivity contribution in [1.82, 2.24) is 14.5 Å². The number of nitrogens with zero attached hydrogens (tertiary/aromatic N) is 3. The van der Waals surface area contributed by atoms with Gasteiger partial charge in [0.15, 0.2) is 0 Å². The Bertz CT molecular complexity index is 1310. The molecule has 2 saturated heterocycles. The van der Waals surface area contributed by atoms with E-state index >= 15 is 0 Å². The first-order valence-corrected chi connectivity index (χ1v) is 17.6. The summed E-state index contributed by atoms with van der Waals surface area (Å²) in [5.41, 5.74) is -0.0749. The molecular formula is C32H50N4O6S. The average Bonchev–Trinajstić information content (AvgIpc) is 3.54. The number of likely N-dealkylation sites (tertiary alicyclic amines) is 1. The maximum Gasteiger partial charge on any atom is 0.304 e. The number of carbonyl (C=O) groups excluding carboxylic acids is 1. The summed E-state index contributed by atoms with van der Waals surface area (Å²) in [4.78, 5) is 28.5. The molecule has 240 valence electrons. The van der Waals surface area contributed by atoms with E-state index in [2.05, 4.69) is 43.1 Å². The van der Waals surface area contributed by atoms with E-state index in [1.807, 2.05) is 24.0 Å². The zero-order valence-electron chi connectivity index (χ0n) is 26.2. The van der Waals surface area contributed by atoms with Crippen molar-refractivity contribution in [2.24, 2.45) is 16.7 Å². The Morgan fingerprint density at radius 1 is 1.09 bits per heavy atom. The lowest BCUT2D eigenvalue weighted by atomic mass is 9.62. The van der Waals surface area contributed by atoms with Crippen LogP contribution in [0.5, 0.6) is 0 Å². The van der Waals surface area contributed by atoms with E-state index in [0.717, 1.165) is 18.5 Å². The van der Waals surface area contributed by atoms with Crippen LogP contribution < -0.4 is 10.2 Å². The molecule has 4 aliphatic rings. The Balaban J connectivity index is 1.27. The lowest BCUT2D eigenvalue weighted by Gasteiger charge is -2.49. The van der Waals surface area contributed by atoms with Crippen LogP contribution in [0.4, 0.5) is 5.69 Å². The molecule has 4 unspecified atom stereocenters. The summed E-state index contributed by atoms with van der Waals surface area (Å²) in [7, 11) is -3.66. The summed E-state index contributed by atoms with van der Waals surface area (Å²) < 4.78 is 29.8. The van der Waals surface area contributed by atoms with E-state index in [4.69, 9.17) is 5.11 Å². The molecule has 5 rings (SSSR count). The molecule has 3 N–H and O–H groups in total. The fourth-order valence-electron chi connectivity index (χ4n) is 9.01. The van der Waals surface area contributed by atoms with Gasteiger partial charge in [-0.1, -0.05) is 32.0 Å². The van der Waals surface area contributed by atoms with Crippen LogP contribution in [0, 0.1) is 23.7 Å². The molecule has 43 heavy (non-hydrogen) atoms. The fraction of sp³-hybridized carbons (Fsp3) is 0.750. The van der Waals surface area contributed by atoms with E-state index in [-0.39, 0.29) is 47.9 Å². The fourth-order valence-corrected chi connectivity index (χ4v) is 11.3. The Morgan fingerprint density at radius 3 is 2.44 bits per heavy atom. The molecule has 1 aromatic rings. The molecule has 2 bridgehead atoms. The summed E-state index contributed by atoms with van der Waals surface area (Å²) >= 11 is 0. The van der Waals surface area contributed by atoms with Crippen molar-refractivity contribution < 1.29 is 28.2 Å². The molecule has 0 radical (unpaired) electrons. The van der Waals surface area contributed by atoms with Gasteiger partial charge in [0.2, 0.25) is 15.9 Å². The number of hydrogen-bond acceptors (Lipinski definition) is 7. The number of hydrogen-bond donors (Lipinski definition) is 3. The van der Waals surface area contributed by atoms with E-state index in [9.17, 15) is 23.1 Å². The number of para-hydroxylation sites is 1. The third kappa shape index (κ3) is 5.94. The van der Waals surface area contributed by atoms with E-state index in [1.165, 1.54) is 5.56 Å². The lowest BCUT2D eigenvalue weighted by Crippen LogP contribution is -2.59. The molecule has 2 aliphatic heterocycles. The van der Waals surface area contributed by atoms with Crippen LogP contribution in [0.3, 0.4) is 0 Å². The molecule has 1 aromatic carbocycles. The number of carboxylic acid groups (broad SMARTS) is 1. The highest BCUT2D eigenvalue weighted by Gasteiger charge is 2.72. The smallest absolute Gasteiger partial charge is 0.304 e. The molecule has 10 nitrogen and oxygen atoms in total. The van der Waals surface area contributed by atoms with Crippen LogP contribution in [-0.2, 0) is 19.6 Å². The first-order chi connectivity index (χ1) is 20.2. The van der Waals surface area contributed by atoms with Crippen LogP contribution in [0.2, 0.25) is 0 Å². The number of carboxylic acids is 1. The van der Waals surface area contributed by atoms with Crippen LogP contribution in [0.25, 0.3) is 0 Å². The zero-order chi connectivity index (χ0) is 31.2. The summed E-state index contributed by atoms with van der Waals surface area (Å²) in [6.45, 7) is 11.3. The van der Waals surface area contributed by atoms with Gasteiger partial charge < -0.3 is 20.4 Å². The van der Waals surface area contributed by atoms with Gasteiger partial charge in [0.05, 0.1) is 23.8 Å². The number of piperazine rings is 1. The second kappa shape index (κ2) is 11.9. The second-order valence-electron chi connectivity index (χ2n) is 14.2. The van der Waals surface area contributed by atoms with Gasteiger partial charge >= 0.3 is 5.97 Å². The average molecular weight is 619 g/mol. The van der Waals surface area contributed by atoms with Crippen molar-refractivity contribution in [2.75, 3.05) is 49.9 Å². The number of fused-ring (bicyclic) bond motifs is 2. The molecule has 1 amide bonds. The number of carbonyl (C=O) groups is 2. The molecule has 0 aromatic heterocycles. The van der Waals surface area contributed by atoms with Crippen molar-refractivity contribution in [2.45, 2.75) is 90.3 Å². The number of aliphatic carboxylic acids is 1. The number of aliphatic hydroxyl groups is 1. The standard InChI is InChI=1S/C32H50N4O6S/c1-23-8-5-6-9-26(23)35-16-18-36(19-17-35)43(41,42)22-31-13-11-25(30(31,3)4)21-32(31,40)20-24(2)33-29(39)27-10-7-14-34(27)15-12-28(37)38/h5-6,8-9,24-25,27,40H,7,10-22H2,1-4H3,(H,33,39)(H,37,38)/t24?,25?,27-,31?,32?/m0/s1. The molecule has 2 aliphatic carbocycles. The van der Waals surface area contributed by atoms with Gasteiger partial charge in [0.25, 0.3) is 0 Å². The first-order valence-electron chi connectivity index (χ1n) is 16.0. The Hall–Kier alpha value is -2.21. The molecule has 11 heteroatoms. The third-order valence-electron chi connectivity index (χ3n) is 11.5. The highest BCUT2D eigenvalue weighted by Crippen LogP contribution is 2.71. The minimum absolute atomic E-state index is 0.00645. The Kier molecular flexibility index (Phi) is 8.94. The second-order valence-corrected chi connectivity index (χ2v) is 16.1. The number of nitrogens with one attached hydrogen (secondary N) is 1. The number of rotatable bonds is 11. The predicted molar refractivity (Wildman–Crippen MR) is 166 cm³/mol. The van der Waals surface area contributed by atoms with Gasteiger partial charge in [-0.05, 0) is 81.9 Å². The lowest BCUT2D eigenvalue weighted by molar-refractivity contribution is -0.138. The van der Waals surface area contributed by atoms with E-state index < -0.39 is 27.0 Å². The summed E-state index contributed by atoms with van der Waals surface area (Å²) in [6.07, 6.45) is 3.88. The number of sulfonamides is 1. The highest BCUT2D eigenvalue weighted by atomic mass is 32.2. The van der Waals surface area contributed by atoms with Crippen molar-refractivity contribution in [3.8, 4) is 0 Å². The van der Waals surface area contributed by atoms with Gasteiger partial charge in [0, 0.05) is 49.9 Å². The van der Waals surface area contributed by atoms with Gasteiger partial charge in [-0.2, -0.15) is 4.31 Å². The minimum atomic E-state index is -3.66. The molecule has 0 spiro atoms. The van der Waals surface area contributed by atoms with Crippen molar-refractivity contribution >= 4 is 27.6 Å². The largest absolute Gasteiger partial charge is 0.481 e. The van der Waals surface area contributed by atoms with E-state index in [1.54, 1.807) is 4.31 Å². The van der Waals surface area contributed by atoms with Crippen LogP contribution in [0.15, 0.2) is 24.3 Å². The number of benzene rings is 1. The molecule has 2 saturated carbocycles. The number of anilines is 1. The monoisotopic (exact) mass is 618 g/mol. The molecule has 2 heterocycles.